The molecule has 0 aliphatic carbocycles. The van der Waals surface area contributed by atoms with Crippen LogP contribution in [0.2, 0.25) is 0 Å². The zero-order chi connectivity index (χ0) is 14.6. The average molecular weight is 357 g/mol. The molecule has 0 amide bonds. The van der Waals surface area contributed by atoms with Crippen molar-refractivity contribution in [2.75, 3.05) is 12.4 Å². The highest BCUT2D eigenvalue weighted by Gasteiger charge is 2.14. The van der Waals surface area contributed by atoms with E-state index in [0.29, 0.717) is 5.95 Å². The van der Waals surface area contributed by atoms with Gasteiger partial charge in [0.1, 0.15) is 4.90 Å². The summed E-state index contributed by atoms with van der Waals surface area (Å²) in [6.45, 7) is 0.212. The Morgan fingerprint density at radius 3 is 2.30 bits per heavy atom. The lowest BCUT2D eigenvalue weighted by molar-refractivity contribution is 0.580. The molecule has 0 saturated carbocycles. The zero-order valence-corrected chi connectivity index (χ0v) is 13.1. The average Bonchev–Trinajstić information content (AvgIpc) is 2.47. The third-order valence-corrected chi connectivity index (χ3v) is 4.43. The van der Waals surface area contributed by atoms with E-state index in [9.17, 15) is 8.42 Å². The predicted octanol–water partition coefficient (Wildman–Crippen LogP) is 1.76. The molecule has 0 spiro atoms. The van der Waals surface area contributed by atoms with Gasteiger partial charge >= 0.3 is 0 Å². The number of hydrogen-bond donors (Lipinski definition) is 2. The minimum atomic E-state index is -3.61. The van der Waals surface area contributed by atoms with E-state index < -0.39 is 10.0 Å². The van der Waals surface area contributed by atoms with Crippen LogP contribution in [0.15, 0.2) is 46.0 Å². The Bertz CT molecular complexity index is 672. The molecule has 2 aromatic rings. The summed E-state index contributed by atoms with van der Waals surface area (Å²) in [5.74, 6) is 0.372. The van der Waals surface area contributed by atoms with E-state index in [0.717, 1.165) is 10.0 Å². The molecule has 6 nitrogen and oxygen atoms in total. The van der Waals surface area contributed by atoms with Gasteiger partial charge in [0.05, 0.1) is 12.4 Å². The highest BCUT2D eigenvalue weighted by Crippen LogP contribution is 2.12. The monoisotopic (exact) mass is 356 g/mol. The fourth-order valence-corrected chi connectivity index (χ4v) is 2.62. The fraction of sp³-hybridized carbons (Fsp3) is 0.167. The van der Waals surface area contributed by atoms with E-state index in [1.54, 1.807) is 7.05 Å². The van der Waals surface area contributed by atoms with Gasteiger partial charge in [0, 0.05) is 18.1 Å². The molecule has 8 heteroatoms. The van der Waals surface area contributed by atoms with Gasteiger partial charge in [-0.15, -0.1) is 0 Å². The van der Waals surface area contributed by atoms with Crippen molar-refractivity contribution in [1.29, 1.82) is 0 Å². The Kier molecular flexibility index (Phi) is 4.69. The number of hydrogen-bond acceptors (Lipinski definition) is 5. The van der Waals surface area contributed by atoms with E-state index in [-0.39, 0.29) is 11.4 Å². The second kappa shape index (κ2) is 6.29. The van der Waals surface area contributed by atoms with Gasteiger partial charge in [0.25, 0.3) is 0 Å². The predicted molar refractivity (Wildman–Crippen MR) is 79.7 cm³/mol. The molecule has 0 aliphatic rings. The first kappa shape index (κ1) is 14.9. The number of rotatable bonds is 5. The molecule has 0 bridgehead atoms. The molecule has 1 aromatic heterocycles. The quantitative estimate of drug-likeness (QED) is 0.852. The molecule has 0 radical (unpaired) electrons. The van der Waals surface area contributed by atoms with Gasteiger partial charge in [0.2, 0.25) is 16.0 Å². The molecule has 0 aliphatic heterocycles. The summed E-state index contributed by atoms with van der Waals surface area (Å²) < 4.78 is 27.6. The maximum Gasteiger partial charge on any atom is 0.243 e. The maximum absolute atomic E-state index is 12.1. The van der Waals surface area contributed by atoms with Crippen molar-refractivity contribution < 1.29 is 8.42 Å². The van der Waals surface area contributed by atoms with Gasteiger partial charge in [0.15, 0.2) is 0 Å². The van der Waals surface area contributed by atoms with Crippen LogP contribution in [0.4, 0.5) is 5.95 Å². The van der Waals surface area contributed by atoms with Crippen molar-refractivity contribution >= 4 is 31.9 Å². The van der Waals surface area contributed by atoms with Crippen molar-refractivity contribution in [2.24, 2.45) is 0 Å². The van der Waals surface area contributed by atoms with Crippen LogP contribution in [0, 0.1) is 0 Å². The number of anilines is 1. The van der Waals surface area contributed by atoms with E-state index >= 15 is 0 Å². The Hall–Kier alpha value is -1.51. The SMILES string of the molecule is CNc1ncc(S(=O)(=O)NCc2ccc(Br)cc2)cn1. The highest BCUT2D eigenvalue weighted by atomic mass is 79.9. The largest absolute Gasteiger partial charge is 0.357 e. The minimum absolute atomic E-state index is 0.0358. The van der Waals surface area contributed by atoms with E-state index in [1.165, 1.54) is 12.4 Å². The highest BCUT2D eigenvalue weighted by molar-refractivity contribution is 9.10. The summed E-state index contributed by atoms with van der Waals surface area (Å²) in [5.41, 5.74) is 0.865. The minimum Gasteiger partial charge on any atom is -0.357 e. The maximum atomic E-state index is 12.1. The van der Waals surface area contributed by atoms with Crippen molar-refractivity contribution in [3.05, 3.63) is 46.7 Å². The first-order valence-electron chi connectivity index (χ1n) is 5.75. The van der Waals surface area contributed by atoms with Gasteiger partial charge in [-0.1, -0.05) is 28.1 Å². The van der Waals surface area contributed by atoms with Gasteiger partial charge in [-0.3, -0.25) is 0 Å². The van der Waals surface area contributed by atoms with Crippen molar-refractivity contribution in [3.63, 3.8) is 0 Å². The number of aromatic nitrogens is 2. The van der Waals surface area contributed by atoms with Gasteiger partial charge < -0.3 is 5.32 Å². The summed E-state index contributed by atoms with van der Waals surface area (Å²) in [4.78, 5) is 7.80. The van der Waals surface area contributed by atoms with Crippen molar-refractivity contribution in [3.8, 4) is 0 Å². The number of nitrogens with one attached hydrogen (secondary N) is 2. The summed E-state index contributed by atoms with van der Waals surface area (Å²) >= 11 is 3.33. The van der Waals surface area contributed by atoms with E-state index in [1.807, 2.05) is 24.3 Å². The Labute approximate surface area is 125 Å². The molecule has 0 atom stereocenters. The molecule has 0 saturated heterocycles. The lowest BCUT2D eigenvalue weighted by atomic mass is 10.2. The number of nitrogens with zero attached hydrogens (tertiary/aromatic N) is 2. The fourth-order valence-electron chi connectivity index (χ4n) is 1.45. The van der Waals surface area contributed by atoms with Crippen LogP contribution in [0.5, 0.6) is 0 Å². The lowest BCUT2D eigenvalue weighted by Gasteiger charge is -2.07. The lowest BCUT2D eigenvalue weighted by Crippen LogP contribution is -2.23. The molecule has 1 aromatic carbocycles. The molecule has 0 fully saturated rings. The van der Waals surface area contributed by atoms with Crippen LogP contribution in [0.3, 0.4) is 0 Å². The van der Waals surface area contributed by atoms with Crippen LogP contribution in [0.25, 0.3) is 0 Å². The first-order chi connectivity index (χ1) is 9.51. The van der Waals surface area contributed by atoms with E-state index in [4.69, 9.17) is 0 Å². The summed E-state index contributed by atoms with van der Waals surface area (Å²) in [7, 11) is -1.95. The van der Waals surface area contributed by atoms with Crippen LogP contribution in [-0.4, -0.2) is 25.4 Å². The molecule has 20 heavy (non-hydrogen) atoms. The van der Waals surface area contributed by atoms with Crippen molar-refractivity contribution in [1.82, 2.24) is 14.7 Å². The molecular weight excluding hydrogens is 344 g/mol. The molecular formula is C12H13BrN4O2S. The third kappa shape index (κ3) is 3.75. The summed E-state index contributed by atoms with van der Waals surface area (Å²) in [6, 6.07) is 7.39. The second-order valence-electron chi connectivity index (χ2n) is 3.94. The molecule has 106 valence electrons. The van der Waals surface area contributed by atoms with Crippen LogP contribution >= 0.6 is 15.9 Å². The van der Waals surface area contributed by atoms with Gasteiger partial charge in [-0.05, 0) is 17.7 Å². The van der Waals surface area contributed by atoms with Crippen molar-refractivity contribution in [2.45, 2.75) is 11.4 Å². The summed E-state index contributed by atoms with van der Waals surface area (Å²) in [6.07, 6.45) is 2.53. The van der Waals surface area contributed by atoms with Gasteiger partial charge in [-0.2, -0.15) is 0 Å². The molecule has 2 N–H and O–H groups in total. The van der Waals surface area contributed by atoms with E-state index in [2.05, 4.69) is 35.9 Å². The van der Waals surface area contributed by atoms with Gasteiger partial charge in [-0.25, -0.2) is 23.1 Å². The number of halogens is 1. The normalized spacial score (nSPS) is 11.3. The topological polar surface area (TPSA) is 84.0 Å². The van der Waals surface area contributed by atoms with Crippen LogP contribution < -0.4 is 10.0 Å². The summed E-state index contributed by atoms with van der Waals surface area (Å²) in [5, 5.41) is 2.73. The zero-order valence-electron chi connectivity index (χ0n) is 10.7. The first-order valence-corrected chi connectivity index (χ1v) is 8.03. The Balaban J connectivity index is 2.08. The standard InChI is InChI=1S/C12H13BrN4O2S/c1-14-12-15-7-11(8-16-12)20(18,19)17-6-9-2-4-10(13)5-3-9/h2-5,7-8,17H,6H2,1H3,(H,14,15,16). The second-order valence-corrected chi connectivity index (χ2v) is 6.63. The molecule has 1 heterocycles. The van der Waals surface area contributed by atoms with Crippen LogP contribution in [-0.2, 0) is 16.6 Å². The number of benzene rings is 1. The Morgan fingerprint density at radius 1 is 1.15 bits per heavy atom. The molecule has 2 rings (SSSR count). The smallest absolute Gasteiger partial charge is 0.243 e. The Morgan fingerprint density at radius 2 is 1.75 bits per heavy atom. The number of sulfonamides is 1. The third-order valence-electron chi connectivity index (χ3n) is 2.54. The molecule has 0 unspecified atom stereocenters. The van der Waals surface area contributed by atoms with Crippen LogP contribution in [0.1, 0.15) is 5.56 Å².